The molecular weight excluding hydrogens is 428 g/mol. The zero-order chi connectivity index (χ0) is 23.7. The van der Waals surface area contributed by atoms with Gasteiger partial charge in [-0.2, -0.15) is 0 Å². The van der Waals surface area contributed by atoms with Gasteiger partial charge >= 0.3 is 0 Å². The summed E-state index contributed by atoms with van der Waals surface area (Å²) < 4.78 is 11.5. The van der Waals surface area contributed by atoms with E-state index >= 15 is 0 Å². The first-order valence-corrected chi connectivity index (χ1v) is 11.2. The topological polar surface area (TPSA) is 84.5 Å². The van der Waals surface area contributed by atoms with Gasteiger partial charge in [-0.3, -0.25) is 9.59 Å². The summed E-state index contributed by atoms with van der Waals surface area (Å²) >= 11 is 0. The Hall–Kier alpha value is -4.32. The molecular formula is C28H24N2O4. The molecule has 6 nitrogen and oxygen atoms in total. The minimum absolute atomic E-state index is 0.0533. The maximum Gasteiger partial charge on any atom is 0.293 e. The van der Waals surface area contributed by atoms with Crippen molar-refractivity contribution in [2.24, 2.45) is 0 Å². The summed E-state index contributed by atoms with van der Waals surface area (Å²) in [5, 5.41) is 7.30. The smallest absolute Gasteiger partial charge is 0.293 e. The molecule has 2 heterocycles. The first kappa shape index (κ1) is 21.5. The quantitative estimate of drug-likeness (QED) is 0.299. The van der Waals surface area contributed by atoms with Gasteiger partial charge in [0.15, 0.2) is 0 Å². The van der Waals surface area contributed by atoms with Gasteiger partial charge in [-0.25, -0.2) is 0 Å². The highest BCUT2D eigenvalue weighted by molar-refractivity contribution is 6.14. The summed E-state index contributed by atoms with van der Waals surface area (Å²) in [5.41, 5.74) is 4.21. The van der Waals surface area contributed by atoms with E-state index in [1.54, 1.807) is 24.5 Å². The van der Waals surface area contributed by atoms with Crippen molar-refractivity contribution in [3.63, 3.8) is 0 Å². The molecule has 0 aliphatic carbocycles. The normalized spacial score (nSPS) is 11.3. The molecule has 0 radical (unpaired) electrons. The van der Waals surface area contributed by atoms with Gasteiger partial charge in [-0.15, -0.1) is 0 Å². The molecule has 5 rings (SSSR count). The van der Waals surface area contributed by atoms with Crippen LogP contribution in [0.15, 0.2) is 87.9 Å². The summed E-state index contributed by atoms with van der Waals surface area (Å²) in [7, 11) is 0. The van der Waals surface area contributed by atoms with Crippen LogP contribution in [0.4, 0.5) is 11.4 Å². The highest BCUT2D eigenvalue weighted by Gasteiger charge is 2.23. The van der Waals surface area contributed by atoms with Crippen molar-refractivity contribution in [2.45, 2.75) is 26.2 Å². The van der Waals surface area contributed by atoms with Gasteiger partial charge in [0.1, 0.15) is 16.9 Å². The molecule has 170 valence electrons. The van der Waals surface area contributed by atoms with E-state index in [0.29, 0.717) is 28.3 Å². The van der Waals surface area contributed by atoms with Crippen molar-refractivity contribution in [3.05, 3.63) is 95.9 Å². The predicted molar refractivity (Wildman–Crippen MR) is 133 cm³/mol. The fraction of sp³-hybridized carbons (Fsp3) is 0.143. The molecule has 0 aliphatic heterocycles. The highest BCUT2D eigenvalue weighted by Crippen LogP contribution is 2.32. The number of anilines is 2. The fourth-order valence-electron chi connectivity index (χ4n) is 3.99. The van der Waals surface area contributed by atoms with Crippen LogP contribution in [0.25, 0.3) is 21.9 Å². The van der Waals surface area contributed by atoms with Crippen molar-refractivity contribution in [3.8, 4) is 0 Å². The molecule has 5 aromatic rings. The molecule has 2 aromatic heterocycles. The van der Waals surface area contributed by atoms with E-state index in [1.807, 2.05) is 48.5 Å². The average Bonchev–Trinajstić information content (AvgIpc) is 3.41. The van der Waals surface area contributed by atoms with Crippen molar-refractivity contribution in [2.75, 3.05) is 10.6 Å². The number of benzene rings is 3. The summed E-state index contributed by atoms with van der Waals surface area (Å²) in [6, 6.07) is 22.4. The Morgan fingerprint density at radius 3 is 2.41 bits per heavy atom. The van der Waals surface area contributed by atoms with E-state index in [0.717, 1.165) is 16.5 Å². The van der Waals surface area contributed by atoms with Crippen LogP contribution in [-0.4, -0.2) is 11.8 Å². The zero-order valence-electron chi connectivity index (χ0n) is 18.9. The molecule has 3 aromatic carbocycles. The molecule has 2 amide bonds. The Bertz CT molecular complexity index is 1500. The molecule has 0 fully saturated rings. The third-order valence-corrected chi connectivity index (χ3v) is 5.79. The summed E-state index contributed by atoms with van der Waals surface area (Å²) in [5.74, 6) is -0.285. The zero-order valence-corrected chi connectivity index (χ0v) is 18.9. The van der Waals surface area contributed by atoms with Crippen LogP contribution in [0.5, 0.6) is 0 Å². The van der Waals surface area contributed by atoms with Gasteiger partial charge in [0.05, 0.1) is 12.7 Å². The van der Waals surface area contributed by atoms with Crippen LogP contribution < -0.4 is 10.6 Å². The van der Waals surface area contributed by atoms with Gasteiger partial charge in [-0.1, -0.05) is 50.2 Å². The van der Waals surface area contributed by atoms with E-state index in [1.165, 1.54) is 5.56 Å². The largest absolute Gasteiger partial charge is 0.464 e. The second kappa shape index (κ2) is 8.90. The number of hydrogen-bond acceptors (Lipinski definition) is 4. The second-order valence-corrected chi connectivity index (χ2v) is 8.52. The third kappa shape index (κ3) is 4.18. The van der Waals surface area contributed by atoms with Crippen LogP contribution in [0.3, 0.4) is 0 Å². The van der Waals surface area contributed by atoms with E-state index in [4.69, 9.17) is 8.83 Å². The molecule has 2 N–H and O–H groups in total. The number of furan rings is 2. The lowest BCUT2D eigenvalue weighted by atomic mass is 10.00. The maximum atomic E-state index is 13.1. The lowest BCUT2D eigenvalue weighted by molar-refractivity contribution is -0.115. The number of hydrogen-bond donors (Lipinski definition) is 2. The molecule has 0 aliphatic rings. The van der Waals surface area contributed by atoms with E-state index < -0.39 is 5.91 Å². The number of carbonyl (C=O) groups is 2. The Kier molecular flexibility index (Phi) is 5.64. The number of rotatable bonds is 6. The van der Waals surface area contributed by atoms with E-state index in [-0.39, 0.29) is 18.1 Å². The van der Waals surface area contributed by atoms with Gasteiger partial charge < -0.3 is 19.5 Å². The summed E-state index contributed by atoms with van der Waals surface area (Å²) in [6.45, 7) is 4.25. The van der Waals surface area contributed by atoms with E-state index in [9.17, 15) is 9.59 Å². The van der Waals surface area contributed by atoms with Crippen LogP contribution in [0, 0.1) is 0 Å². The average molecular weight is 453 g/mol. The van der Waals surface area contributed by atoms with Crippen LogP contribution >= 0.6 is 0 Å². The maximum absolute atomic E-state index is 13.1. The number of nitrogens with one attached hydrogen (secondary N) is 2. The monoisotopic (exact) mass is 452 g/mol. The molecule has 0 atom stereocenters. The SMILES string of the molecule is CC(C)c1ccc2occ(CC(=O)Nc3c(C(=O)Nc4ccccc4)oc4ccccc34)c2c1. The van der Waals surface area contributed by atoms with Gasteiger partial charge in [0.2, 0.25) is 11.7 Å². The third-order valence-electron chi connectivity index (χ3n) is 5.79. The predicted octanol–water partition coefficient (Wildman–Crippen LogP) is 6.74. The van der Waals surface area contributed by atoms with Crippen LogP contribution in [0.2, 0.25) is 0 Å². The Morgan fingerprint density at radius 1 is 0.853 bits per heavy atom. The van der Waals surface area contributed by atoms with Crippen molar-refractivity contribution in [1.82, 2.24) is 0 Å². The molecule has 0 bridgehead atoms. The standard InChI is InChI=1S/C28H24N2O4/c1-17(2)18-12-13-23-22(14-18)19(16-33-23)15-25(31)30-26-21-10-6-7-11-24(21)34-27(26)28(32)29-20-8-4-3-5-9-20/h3-14,16-17H,15H2,1-2H3,(H,29,32)(H,30,31). The Balaban J connectivity index is 1.44. The first-order chi connectivity index (χ1) is 16.5. The highest BCUT2D eigenvalue weighted by atomic mass is 16.3. The van der Waals surface area contributed by atoms with E-state index in [2.05, 4.69) is 30.5 Å². The van der Waals surface area contributed by atoms with Gasteiger partial charge in [0, 0.05) is 22.0 Å². The molecule has 0 spiro atoms. The molecule has 0 saturated carbocycles. The summed E-state index contributed by atoms with van der Waals surface area (Å²) in [6.07, 6.45) is 1.72. The number of para-hydroxylation sites is 2. The Labute approximate surface area is 196 Å². The molecule has 6 heteroatoms. The fourth-order valence-corrected chi connectivity index (χ4v) is 3.99. The molecule has 0 unspecified atom stereocenters. The number of carbonyl (C=O) groups excluding carboxylic acids is 2. The second-order valence-electron chi connectivity index (χ2n) is 8.52. The van der Waals surface area contributed by atoms with Crippen molar-refractivity contribution in [1.29, 1.82) is 0 Å². The molecule has 0 saturated heterocycles. The summed E-state index contributed by atoms with van der Waals surface area (Å²) in [4.78, 5) is 26.1. The number of fused-ring (bicyclic) bond motifs is 2. The van der Waals surface area contributed by atoms with Crippen LogP contribution in [0.1, 0.15) is 41.4 Å². The van der Waals surface area contributed by atoms with Gasteiger partial charge in [0.25, 0.3) is 5.91 Å². The molecule has 34 heavy (non-hydrogen) atoms. The lowest BCUT2D eigenvalue weighted by Gasteiger charge is -2.08. The van der Waals surface area contributed by atoms with Crippen molar-refractivity contribution < 1.29 is 18.4 Å². The first-order valence-electron chi connectivity index (χ1n) is 11.2. The van der Waals surface area contributed by atoms with Crippen LogP contribution in [-0.2, 0) is 11.2 Å². The van der Waals surface area contributed by atoms with Gasteiger partial charge in [-0.05, 0) is 47.9 Å². The minimum Gasteiger partial charge on any atom is -0.464 e. The number of amides is 2. The minimum atomic E-state index is -0.437. The Morgan fingerprint density at radius 2 is 1.62 bits per heavy atom. The lowest BCUT2D eigenvalue weighted by Crippen LogP contribution is -2.18. The van der Waals surface area contributed by atoms with Crippen molar-refractivity contribution >= 4 is 45.1 Å².